The molecule has 3 aromatic carbocycles. The molecule has 3 rings (SSSR count). The number of benzene rings is 3. The number of hydrogen-bond acceptors (Lipinski definition) is 3. The summed E-state index contributed by atoms with van der Waals surface area (Å²) in [5, 5.41) is 0. The van der Waals surface area contributed by atoms with Gasteiger partial charge in [-0.3, -0.25) is 0 Å². The molecule has 3 aromatic rings. The van der Waals surface area contributed by atoms with E-state index in [1.165, 1.54) is 30.8 Å². The number of hydrogen-bond donors (Lipinski definition) is 1. The first kappa shape index (κ1) is 32.4. The van der Waals surface area contributed by atoms with Gasteiger partial charge in [0, 0.05) is 20.1 Å². The van der Waals surface area contributed by atoms with E-state index in [9.17, 15) is 8.42 Å². The molecule has 0 saturated carbocycles. The van der Waals surface area contributed by atoms with Gasteiger partial charge in [0.25, 0.3) is 0 Å². The van der Waals surface area contributed by atoms with Crippen molar-refractivity contribution in [3.63, 3.8) is 0 Å². The molecule has 0 aliphatic rings. The van der Waals surface area contributed by atoms with Crippen LogP contribution in [0.5, 0.6) is 0 Å². The monoisotopic (exact) mass is 617 g/mol. The van der Waals surface area contributed by atoms with Crippen LogP contribution in [-0.4, -0.2) is 26.8 Å². The minimum absolute atomic E-state index is 0.543. The van der Waals surface area contributed by atoms with Gasteiger partial charge in [-0.2, -0.15) is 0 Å². The van der Waals surface area contributed by atoms with Gasteiger partial charge in [-0.1, -0.05) is 111 Å². The number of nitrogens with zero attached hydrogens (tertiary/aromatic N) is 2. The molecule has 0 spiro atoms. The van der Waals surface area contributed by atoms with Crippen LogP contribution in [-0.2, 0) is 46.8 Å². The number of nitrogens with two attached hydrogens (primary N) is 1. The van der Waals surface area contributed by atoms with E-state index in [4.69, 9.17) is 5.73 Å². The first-order chi connectivity index (χ1) is 17.2. The SMILES string of the molecule is CCc1cc(CC)cc(CC)c1.CN(C)S(=O)(=O)[N-][C@@H](c1ccccc1)[C@@H](N)c1ccccc1.[Cl][Ru+]. The molecule has 0 aliphatic heterocycles. The number of aryl methyl sites for hydroxylation is 3. The maximum absolute atomic E-state index is 12.2. The summed E-state index contributed by atoms with van der Waals surface area (Å²) in [5.74, 6) is 0. The summed E-state index contributed by atoms with van der Waals surface area (Å²) in [5.41, 5.74) is 12.3. The van der Waals surface area contributed by atoms with Crippen molar-refractivity contribution in [3.05, 3.63) is 111 Å². The summed E-state index contributed by atoms with van der Waals surface area (Å²) in [4.78, 5) is 0. The third kappa shape index (κ3) is 10.4. The molecule has 0 aliphatic carbocycles. The molecule has 8 heteroatoms. The Bertz CT molecular complexity index is 1060. The van der Waals surface area contributed by atoms with Crippen LogP contribution < -0.4 is 5.73 Å². The van der Waals surface area contributed by atoms with Crippen molar-refractivity contribution < 1.29 is 25.7 Å². The second-order valence-electron chi connectivity index (χ2n) is 8.38. The van der Waals surface area contributed by atoms with Gasteiger partial charge in [0.1, 0.15) is 10.2 Å². The van der Waals surface area contributed by atoms with E-state index in [2.05, 4.69) is 53.4 Å². The molecule has 36 heavy (non-hydrogen) atoms. The number of rotatable bonds is 9. The maximum atomic E-state index is 12.2. The molecule has 0 bridgehead atoms. The molecule has 0 heterocycles. The van der Waals surface area contributed by atoms with Gasteiger partial charge in [-0.15, -0.1) is 0 Å². The molecule has 198 valence electrons. The van der Waals surface area contributed by atoms with Crippen LogP contribution in [0.4, 0.5) is 0 Å². The van der Waals surface area contributed by atoms with Gasteiger partial charge in [-0.25, -0.2) is 12.7 Å². The van der Waals surface area contributed by atoms with Gasteiger partial charge in [0.15, 0.2) is 0 Å². The molecule has 0 amide bonds. The normalized spacial score (nSPS) is 12.6. The van der Waals surface area contributed by atoms with Crippen molar-refractivity contribution in [1.29, 1.82) is 0 Å². The fourth-order valence-electron chi connectivity index (χ4n) is 3.53. The van der Waals surface area contributed by atoms with Crippen molar-refractivity contribution in [1.82, 2.24) is 4.31 Å². The van der Waals surface area contributed by atoms with Crippen LogP contribution in [0.3, 0.4) is 0 Å². The van der Waals surface area contributed by atoms with Gasteiger partial charge in [0.05, 0.1) is 0 Å². The van der Waals surface area contributed by atoms with Gasteiger partial charge in [0.2, 0.25) is 0 Å². The zero-order valence-electron chi connectivity index (χ0n) is 21.7. The molecule has 2 N–H and O–H groups in total. The molecule has 0 fully saturated rings. The fraction of sp³-hybridized carbons (Fsp3) is 0.357. The predicted octanol–water partition coefficient (Wildman–Crippen LogP) is 6.67. The summed E-state index contributed by atoms with van der Waals surface area (Å²) in [6.07, 6.45) is 3.46. The molecule has 0 unspecified atom stereocenters. The summed E-state index contributed by atoms with van der Waals surface area (Å²) >= 11 is 1.82. The Labute approximate surface area is 232 Å². The molecule has 5 nitrogen and oxygen atoms in total. The zero-order chi connectivity index (χ0) is 27.1. The van der Waals surface area contributed by atoms with Crippen LogP contribution in [0.1, 0.15) is 60.7 Å². The molecule has 2 atom stereocenters. The second-order valence-corrected chi connectivity index (χ2v) is 10.2. The first-order valence-corrected chi connectivity index (χ1v) is 15.6. The van der Waals surface area contributed by atoms with E-state index in [-0.39, 0.29) is 0 Å². The summed E-state index contributed by atoms with van der Waals surface area (Å²) < 4.78 is 29.4. The predicted molar refractivity (Wildman–Crippen MR) is 149 cm³/mol. The second kappa shape index (κ2) is 17.0. The van der Waals surface area contributed by atoms with Crippen molar-refractivity contribution >= 4 is 19.9 Å². The number of halogens is 1. The molecule has 0 radical (unpaired) electrons. The third-order valence-corrected chi connectivity index (χ3v) is 7.13. The Morgan fingerprint density at radius 1 is 0.778 bits per heavy atom. The van der Waals surface area contributed by atoms with Gasteiger partial charge >= 0.3 is 27.0 Å². The van der Waals surface area contributed by atoms with E-state index >= 15 is 0 Å². The van der Waals surface area contributed by atoms with Crippen LogP contribution >= 0.6 is 9.69 Å². The average Bonchev–Trinajstić information content (AvgIpc) is 2.93. The standard InChI is InChI=1S/C16H20N3O2S.C12H18.ClH.Ru/c1-19(2)22(20,21)18-16(14-11-7-4-8-12-14)15(17)13-9-5-3-6-10-13;1-4-10-7-11(5-2)9-12(6-3)8-10;;/h3-12,15-16H,17H2,1-2H3;7-9H,4-6H2,1-3H3;1H;/q-1;;;+2/p-1/t15-,16-;;;/m0.../s1. The van der Waals surface area contributed by atoms with Gasteiger partial charge in [-0.05, 0) is 41.5 Å². The van der Waals surface area contributed by atoms with Crippen molar-refractivity contribution in [2.45, 2.75) is 52.1 Å². The summed E-state index contributed by atoms with van der Waals surface area (Å²) in [6, 6.07) is 24.4. The Hall–Kier alpha value is -1.60. The molecule has 0 saturated heterocycles. The minimum atomic E-state index is -3.72. The Kier molecular flexibility index (Phi) is 15.3. The van der Waals surface area contributed by atoms with E-state index < -0.39 is 22.3 Å². The van der Waals surface area contributed by atoms with Crippen LogP contribution in [0.2, 0.25) is 0 Å². The van der Waals surface area contributed by atoms with E-state index in [1.54, 1.807) is 0 Å². The Morgan fingerprint density at radius 2 is 1.14 bits per heavy atom. The third-order valence-electron chi connectivity index (χ3n) is 5.71. The van der Waals surface area contributed by atoms with Crippen molar-refractivity contribution in [3.8, 4) is 0 Å². The van der Waals surface area contributed by atoms with Gasteiger partial charge < -0.3 is 10.5 Å². The van der Waals surface area contributed by atoms with E-state index in [0.717, 1.165) is 34.7 Å². The summed E-state index contributed by atoms with van der Waals surface area (Å²) in [6.45, 7) is 6.65. The fourth-order valence-corrected chi connectivity index (χ4v) is 4.26. The zero-order valence-corrected chi connectivity index (χ0v) is 25.0. The molecule has 0 aromatic heterocycles. The Balaban J connectivity index is 0.000000391. The first-order valence-electron chi connectivity index (χ1n) is 12.0. The summed E-state index contributed by atoms with van der Waals surface area (Å²) in [7, 11) is 3.76. The average molecular weight is 617 g/mol. The van der Waals surface area contributed by atoms with Crippen LogP contribution in [0.25, 0.3) is 4.72 Å². The van der Waals surface area contributed by atoms with Crippen molar-refractivity contribution in [2.24, 2.45) is 5.73 Å². The molecular weight excluding hydrogens is 579 g/mol. The van der Waals surface area contributed by atoms with Crippen molar-refractivity contribution in [2.75, 3.05) is 14.1 Å². The van der Waals surface area contributed by atoms with E-state index in [1.807, 2.05) is 78.0 Å². The topological polar surface area (TPSA) is 77.5 Å². The van der Waals surface area contributed by atoms with E-state index in [0.29, 0.717) is 0 Å². The quantitative estimate of drug-likeness (QED) is 0.273. The molecular formula is C28H38ClN3O2RuS. The van der Waals surface area contributed by atoms with Crippen LogP contribution in [0.15, 0.2) is 78.9 Å². The Morgan fingerprint density at radius 3 is 1.47 bits per heavy atom. The van der Waals surface area contributed by atoms with Crippen LogP contribution in [0, 0.1) is 0 Å².